The molecular formula is C12H10Cl2N2O3. The van der Waals surface area contributed by atoms with Crippen LogP contribution in [-0.2, 0) is 4.84 Å². The van der Waals surface area contributed by atoms with Gasteiger partial charge in [-0.25, -0.2) is 4.79 Å². The molecule has 0 atom stereocenters. The van der Waals surface area contributed by atoms with E-state index in [1.165, 1.54) is 25.4 Å². The quantitative estimate of drug-likeness (QED) is 0.402. The van der Waals surface area contributed by atoms with Crippen LogP contribution in [0.25, 0.3) is 0 Å². The van der Waals surface area contributed by atoms with Gasteiger partial charge in [-0.05, 0) is 12.1 Å². The van der Waals surface area contributed by atoms with E-state index in [9.17, 15) is 4.79 Å². The predicted octanol–water partition coefficient (Wildman–Crippen LogP) is 2.70. The van der Waals surface area contributed by atoms with Crippen molar-refractivity contribution < 1.29 is 14.4 Å². The van der Waals surface area contributed by atoms with Gasteiger partial charge in [0, 0.05) is 17.6 Å². The fourth-order valence-electron chi connectivity index (χ4n) is 1.10. The Morgan fingerprint density at radius 2 is 2.32 bits per heavy atom. The number of hydrogen-bond acceptors (Lipinski definition) is 4. The van der Waals surface area contributed by atoms with Gasteiger partial charge < -0.3 is 14.9 Å². The molecule has 0 heterocycles. The van der Waals surface area contributed by atoms with Gasteiger partial charge in [0.15, 0.2) is 12.4 Å². The van der Waals surface area contributed by atoms with E-state index in [1.807, 2.05) is 0 Å². The van der Waals surface area contributed by atoms with Gasteiger partial charge in [-0.2, -0.15) is 0 Å². The smallest absolute Gasteiger partial charge is 0.408 e. The van der Waals surface area contributed by atoms with Crippen LogP contribution >= 0.6 is 23.2 Å². The molecule has 0 unspecified atom stereocenters. The first-order valence-corrected chi connectivity index (χ1v) is 5.81. The highest BCUT2D eigenvalue weighted by molar-refractivity contribution is 6.36. The Morgan fingerprint density at radius 1 is 1.58 bits per heavy atom. The highest BCUT2D eigenvalue weighted by atomic mass is 35.5. The zero-order valence-electron chi connectivity index (χ0n) is 9.94. The molecule has 7 heteroatoms. The Kier molecular flexibility index (Phi) is 6.00. The van der Waals surface area contributed by atoms with Crippen LogP contribution in [-0.4, -0.2) is 26.0 Å². The van der Waals surface area contributed by atoms with Crippen molar-refractivity contribution in [2.24, 2.45) is 5.16 Å². The summed E-state index contributed by atoms with van der Waals surface area (Å²) in [6.07, 6.45) is 5.64. The minimum Gasteiger partial charge on any atom is -0.408 e. The van der Waals surface area contributed by atoms with Crippen molar-refractivity contribution in [2.45, 2.75) is 0 Å². The molecule has 0 aliphatic rings. The Bertz CT molecular complexity index is 539. The summed E-state index contributed by atoms with van der Waals surface area (Å²) >= 11 is 11.8. The van der Waals surface area contributed by atoms with Crippen molar-refractivity contribution in [3.8, 4) is 18.1 Å². The number of oxime groups is 1. The molecule has 0 bridgehead atoms. The number of nitrogens with zero attached hydrogens (tertiary/aromatic N) is 1. The maximum atomic E-state index is 11.2. The number of halogens is 2. The maximum absolute atomic E-state index is 11.2. The SMILES string of the molecule is C#CCON=Cc1cc(Cl)cc(Cl)c1OC(=O)NC. The molecule has 1 rings (SSSR count). The van der Waals surface area contributed by atoms with Gasteiger partial charge in [0.1, 0.15) is 0 Å². The number of carbonyl (C=O) groups is 1. The third kappa shape index (κ3) is 4.70. The molecule has 19 heavy (non-hydrogen) atoms. The van der Waals surface area contributed by atoms with Gasteiger partial charge in [0.25, 0.3) is 0 Å². The largest absolute Gasteiger partial charge is 0.412 e. The highest BCUT2D eigenvalue weighted by Crippen LogP contribution is 2.31. The van der Waals surface area contributed by atoms with Crippen molar-refractivity contribution in [3.05, 3.63) is 27.7 Å². The monoisotopic (exact) mass is 300 g/mol. The zero-order chi connectivity index (χ0) is 14.3. The summed E-state index contributed by atoms with van der Waals surface area (Å²) in [6.45, 7) is 0.0242. The molecule has 1 amide bonds. The minimum atomic E-state index is -0.664. The van der Waals surface area contributed by atoms with E-state index < -0.39 is 6.09 Å². The van der Waals surface area contributed by atoms with Crippen LogP contribution in [0.1, 0.15) is 5.56 Å². The van der Waals surface area contributed by atoms with Crippen LogP contribution in [0, 0.1) is 12.3 Å². The van der Waals surface area contributed by atoms with Gasteiger partial charge in [-0.1, -0.05) is 34.3 Å². The number of benzene rings is 1. The summed E-state index contributed by atoms with van der Waals surface area (Å²) in [5.41, 5.74) is 0.387. The lowest BCUT2D eigenvalue weighted by Crippen LogP contribution is -2.22. The Morgan fingerprint density at radius 3 is 2.95 bits per heavy atom. The summed E-state index contributed by atoms with van der Waals surface area (Å²) in [4.78, 5) is 16.0. The van der Waals surface area contributed by atoms with Gasteiger partial charge in [-0.15, -0.1) is 6.42 Å². The fraction of sp³-hybridized carbons (Fsp3) is 0.167. The number of nitrogens with one attached hydrogen (secondary N) is 1. The van der Waals surface area contributed by atoms with E-state index in [-0.39, 0.29) is 17.4 Å². The summed E-state index contributed by atoms with van der Waals surface area (Å²) in [7, 11) is 1.43. The molecule has 1 aromatic carbocycles. The standard InChI is InChI=1S/C12H10Cl2N2O3/c1-3-4-18-16-7-8-5-9(13)6-10(14)11(8)19-12(17)15-2/h1,5-7H,4H2,2H3,(H,15,17). The predicted molar refractivity (Wildman–Crippen MR) is 73.9 cm³/mol. The van der Waals surface area contributed by atoms with Crippen LogP contribution in [0.15, 0.2) is 17.3 Å². The number of hydrogen-bond donors (Lipinski definition) is 1. The van der Waals surface area contributed by atoms with Crippen molar-refractivity contribution >= 4 is 35.5 Å². The van der Waals surface area contributed by atoms with Gasteiger partial charge in [-0.3, -0.25) is 0 Å². The average molecular weight is 301 g/mol. The molecule has 1 N–H and O–H groups in total. The summed E-state index contributed by atoms with van der Waals surface area (Å²) in [5, 5.41) is 6.46. The van der Waals surface area contributed by atoms with Crippen molar-refractivity contribution in [1.82, 2.24) is 5.32 Å². The second-order valence-corrected chi connectivity index (χ2v) is 4.00. The molecule has 0 saturated heterocycles. The second kappa shape index (κ2) is 7.52. The molecule has 100 valence electrons. The third-order valence-corrected chi connectivity index (χ3v) is 2.35. The molecule has 5 nitrogen and oxygen atoms in total. The summed E-state index contributed by atoms with van der Waals surface area (Å²) in [5.74, 6) is 2.37. The van der Waals surface area contributed by atoms with Crippen LogP contribution in [0.2, 0.25) is 10.0 Å². The average Bonchev–Trinajstić information content (AvgIpc) is 2.38. The molecule has 0 fully saturated rings. The van der Waals surface area contributed by atoms with Gasteiger partial charge in [0.2, 0.25) is 0 Å². The minimum absolute atomic E-state index is 0.0242. The van der Waals surface area contributed by atoms with Gasteiger partial charge in [0.05, 0.1) is 11.2 Å². The first-order chi connectivity index (χ1) is 9.08. The second-order valence-electron chi connectivity index (χ2n) is 3.16. The zero-order valence-corrected chi connectivity index (χ0v) is 11.5. The molecule has 0 radical (unpaired) electrons. The first-order valence-electron chi connectivity index (χ1n) is 5.06. The van der Waals surface area contributed by atoms with E-state index in [0.717, 1.165) is 0 Å². The fourth-order valence-corrected chi connectivity index (χ4v) is 1.64. The van der Waals surface area contributed by atoms with E-state index in [4.69, 9.17) is 39.2 Å². The lowest BCUT2D eigenvalue weighted by atomic mass is 10.2. The van der Waals surface area contributed by atoms with Crippen LogP contribution < -0.4 is 10.1 Å². The molecule has 1 aromatic rings. The lowest BCUT2D eigenvalue weighted by molar-refractivity contribution is 0.181. The van der Waals surface area contributed by atoms with E-state index in [0.29, 0.717) is 10.6 Å². The normalized spacial score (nSPS) is 10.0. The Hall–Kier alpha value is -1.90. The number of ether oxygens (including phenoxy) is 1. The molecule has 0 aliphatic carbocycles. The Balaban J connectivity index is 3.03. The molecule has 0 aromatic heterocycles. The topological polar surface area (TPSA) is 59.9 Å². The van der Waals surface area contributed by atoms with Crippen molar-refractivity contribution in [3.63, 3.8) is 0 Å². The van der Waals surface area contributed by atoms with E-state index >= 15 is 0 Å². The first kappa shape index (κ1) is 15.2. The maximum Gasteiger partial charge on any atom is 0.412 e. The summed E-state index contributed by atoms with van der Waals surface area (Å²) in [6, 6.07) is 2.97. The van der Waals surface area contributed by atoms with Gasteiger partial charge >= 0.3 is 6.09 Å². The summed E-state index contributed by atoms with van der Waals surface area (Å²) < 4.78 is 5.01. The van der Waals surface area contributed by atoms with E-state index in [1.54, 1.807) is 0 Å². The molecule has 0 aliphatic heterocycles. The molecule has 0 spiro atoms. The number of terminal acetylenes is 1. The third-order valence-electron chi connectivity index (χ3n) is 1.85. The van der Waals surface area contributed by atoms with Crippen LogP contribution in [0.5, 0.6) is 5.75 Å². The van der Waals surface area contributed by atoms with Crippen molar-refractivity contribution in [1.29, 1.82) is 0 Å². The number of carbonyl (C=O) groups excluding carboxylic acids is 1. The molecular weight excluding hydrogens is 291 g/mol. The van der Waals surface area contributed by atoms with E-state index in [2.05, 4.69) is 16.4 Å². The lowest BCUT2D eigenvalue weighted by Gasteiger charge is -2.09. The highest BCUT2D eigenvalue weighted by Gasteiger charge is 2.13. The van der Waals surface area contributed by atoms with Crippen molar-refractivity contribution in [2.75, 3.05) is 13.7 Å². The number of rotatable bonds is 4. The Labute approximate surface area is 120 Å². The number of amides is 1. The van der Waals surface area contributed by atoms with Crippen LogP contribution in [0.4, 0.5) is 4.79 Å². The molecule has 0 saturated carbocycles. The van der Waals surface area contributed by atoms with Crippen LogP contribution in [0.3, 0.4) is 0 Å².